The van der Waals surface area contributed by atoms with Crippen molar-refractivity contribution in [2.75, 3.05) is 0 Å². The zero-order valence-corrected chi connectivity index (χ0v) is 18.5. The maximum Gasteiger partial charge on any atom is 0.133 e. The van der Waals surface area contributed by atoms with Gasteiger partial charge in [-0.1, -0.05) is 44.2 Å². The average molecular weight is 395 g/mol. The Balaban J connectivity index is 1.40. The molecular weight excluding hydrogens is 356 g/mol. The number of fused-ring (bicyclic) bond motifs is 5. The van der Waals surface area contributed by atoms with Crippen LogP contribution in [0.4, 0.5) is 0 Å². The van der Waals surface area contributed by atoms with Crippen molar-refractivity contribution in [1.29, 1.82) is 0 Å². The van der Waals surface area contributed by atoms with Gasteiger partial charge >= 0.3 is 0 Å². The first-order chi connectivity index (χ1) is 13.8. The predicted octanol–water partition coefficient (Wildman–Crippen LogP) is 6.12. The number of aliphatic hydroxyl groups is 1. The highest BCUT2D eigenvalue weighted by atomic mass is 16.3. The molecule has 4 saturated carbocycles. The van der Waals surface area contributed by atoms with Crippen LogP contribution in [0.5, 0.6) is 0 Å². The average Bonchev–Trinajstić information content (AvgIpc) is 3.07. The second kappa shape index (κ2) is 6.67. The molecular formula is C27H38O2. The minimum absolute atomic E-state index is 0.246. The summed E-state index contributed by atoms with van der Waals surface area (Å²) in [4.78, 5) is 12.3. The van der Waals surface area contributed by atoms with E-state index in [9.17, 15) is 9.90 Å². The standard InChI is InChI=1S/C27H38O2/c1-18(28)22-11-12-23-21-10-9-20-17-27(29,19-7-5-4-6-8-19)16-15-25(20,2)24(21)13-14-26(22,23)3/h4-8,20-24,29H,9-17H2,1-3H3/t20?,21-,22+,23-,24-,25-,26+,27?/m0/s1. The van der Waals surface area contributed by atoms with Crippen molar-refractivity contribution < 1.29 is 9.90 Å². The van der Waals surface area contributed by atoms with E-state index in [4.69, 9.17) is 0 Å². The van der Waals surface area contributed by atoms with E-state index >= 15 is 0 Å². The van der Waals surface area contributed by atoms with Gasteiger partial charge in [0.2, 0.25) is 0 Å². The lowest BCUT2D eigenvalue weighted by molar-refractivity contribution is -0.155. The van der Waals surface area contributed by atoms with Gasteiger partial charge in [-0.15, -0.1) is 0 Å². The summed E-state index contributed by atoms with van der Waals surface area (Å²) in [5.74, 6) is 3.67. The second-order valence-corrected chi connectivity index (χ2v) is 11.5. The molecule has 0 amide bonds. The van der Waals surface area contributed by atoms with Crippen LogP contribution in [0.25, 0.3) is 0 Å². The Hall–Kier alpha value is -1.15. The normalized spacial score (nSPS) is 49.0. The molecule has 5 rings (SSSR count). The van der Waals surface area contributed by atoms with Gasteiger partial charge in [0.05, 0.1) is 5.60 Å². The van der Waals surface area contributed by atoms with Crippen molar-refractivity contribution in [2.24, 2.45) is 40.4 Å². The molecule has 0 bridgehead atoms. The Bertz CT molecular complexity index is 787. The van der Waals surface area contributed by atoms with Crippen molar-refractivity contribution >= 4 is 5.78 Å². The van der Waals surface area contributed by atoms with Crippen molar-refractivity contribution in [3.63, 3.8) is 0 Å². The number of hydrogen-bond acceptors (Lipinski definition) is 2. The molecule has 2 unspecified atom stereocenters. The summed E-state index contributed by atoms with van der Waals surface area (Å²) < 4.78 is 0. The van der Waals surface area contributed by atoms with Gasteiger partial charge in [-0.3, -0.25) is 4.79 Å². The second-order valence-electron chi connectivity index (χ2n) is 11.5. The Labute approximate surface area is 176 Å². The predicted molar refractivity (Wildman–Crippen MR) is 116 cm³/mol. The van der Waals surface area contributed by atoms with Crippen molar-refractivity contribution in [2.45, 2.75) is 84.2 Å². The van der Waals surface area contributed by atoms with E-state index in [1.165, 1.54) is 32.1 Å². The van der Waals surface area contributed by atoms with Crippen LogP contribution in [0.1, 0.15) is 84.1 Å². The molecule has 8 atom stereocenters. The molecule has 4 fully saturated rings. The Morgan fingerprint density at radius 3 is 2.34 bits per heavy atom. The van der Waals surface area contributed by atoms with Gasteiger partial charge in [0.15, 0.2) is 0 Å². The van der Waals surface area contributed by atoms with Gasteiger partial charge in [-0.05, 0) is 105 Å². The molecule has 0 saturated heterocycles. The van der Waals surface area contributed by atoms with Gasteiger partial charge in [0.1, 0.15) is 5.78 Å². The molecule has 0 aliphatic heterocycles. The Morgan fingerprint density at radius 1 is 0.897 bits per heavy atom. The molecule has 0 radical (unpaired) electrons. The molecule has 4 aliphatic carbocycles. The number of hydrogen-bond donors (Lipinski definition) is 1. The molecule has 0 heterocycles. The molecule has 2 heteroatoms. The fourth-order valence-electron chi connectivity index (χ4n) is 8.92. The first-order valence-corrected chi connectivity index (χ1v) is 12.1. The largest absolute Gasteiger partial charge is 0.385 e. The van der Waals surface area contributed by atoms with Crippen molar-refractivity contribution in [1.82, 2.24) is 0 Å². The molecule has 1 aromatic carbocycles. The van der Waals surface area contributed by atoms with E-state index in [2.05, 4.69) is 38.1 Å². The van der Waals surface area contributed by atoms with Gasteiger partial charge in [0.25, 0.3) is 0 Å². The van der Waals surface area contributed by atoms with Gasteiger partial charge in [-0.2, -0.15) is 0 Å². The topological polar surface area (TPSA) is 37.3 Å². The maximum absolute atomic E-state index is 12.3. The van der Waals surface area contributed by atoms with Gasteiger partial charge in [-0.25, -0.2) is 0 Å². The highest BCUT2D eigenvalue weighted by molar-refractivity contribution is 5.79. The van der Waals surface area contributed by atoms with Crippen molar-refractivity contribution in [3.8, 4) is 0 Å². The lowest BCUT2D eigenvalue weighted by Crippen LogP contribution is -2.55. The van der Waals surface area contributed by atoms with Gasteiger partial charge < -0.3 is 5.11 Å². The third kappa shape index (κ3) is 2.81. The van der Waals surface area contributed by atoms with E-state index in [0.717, 1.165) is 49.0 Å². The minimum atomic E-state index is -0.644. The highest BCUT2D eigenvalue weighted by Crippen LogP contribution is 2.68. The summed E-state index contributed by atoms with van der Waals surface area (Å²) in [5.41, 5.74) is 1.07. The molecule has 29 heavy (non-hydrogen) atoms. The number of benzene rings is 1. The first kappa shape index (κ1) is 19.8. The first-order valence-electron chi connectivity index (χ1n) is 12.1. The van der Waals surface area contributed by atoms with Gasteiger partial charge in [0, 0.05) is 5.92 Å². The lowest BCUT2D eigenvalue weighted by atomic mass is 9.43. The van der Waals surface area contributed by atoms with Crippen LogP contribution >= 0.6 is 0 Å². The van der Waals surface area contributed by atoms with Crippen molar-refractivity contribution in [3.05, 3.63) is 35.9 Å². The number of carbonyl (C=O) groups is 1. The van der Waals surface area contributed by atoms with E-state index in [-0.39, 0.29) is 5.41 Å². The Kier molecular flexibility index (Phi) is 4.55. The number of rotatable bonds is 2. The Morgan fingerprint density at radius 2 is 1.62 bits per heavy atom. The maximum atomic E-state index is 12.3. The lowest BCUT2D eigenvalue weighted by Gasteiger charge is -2.62. The van der Waals surface area contributed by atoms with Crippen LogP contribution < -0.4 is 0 Å². The number of carbonyl (C=O) groups excluding carboxylic acids is 1. The van der Waals surface area contributed by atoms with Crippen LogP contribution in [0.2, 0.25) is 0 Å². The quantitative estimate of drug-likeness (QED) is 0.656. The molecule has 0 aromatic heterocycles. The van der Waals surface area contributed by atoms with E-state index in [0.29, 0.717) is 23.0 Å². The molecule has 2 nitrogen and oxygen atoms in total. The number of Topliss-reactive ketones (excluding diaryl/α,β-unsaturated/α-hetero) is 1. The van der Waals surface area contributed by atoms with Crippen LogP contribution in [0.15, 0.2) is 30.3 Å². The van der Waals surface area contributed by atoms with Crippen LogP contribution in [0, 0.1) is 40.4 Å². The SMILES string of the molecule is CC(=O)[C@H]1CC[C@H]2[C@@H]3CCC4CC(O)(c5ccccc5)CC[C@]4(C)[C@H]3CC[C@]12C. The summed E-state index contributed by atoms with van der Waals surface area (Å²) in [6.07, 6.45) is 10.4. The third-order valence-electron chi connectivity index (χ3n) is 10.5. The highest BCUT2D eigenvalue weighted by Gasteiger charge is 2.61. The van der Waals surface area contributed by atoms with E-state index in [1.54, 1.807) is 0 Å². The summed E-state index contributed by atoms with van der Waals surface area (Å²) in [6.45, 7) is 6.82. The number of ketones is 1. The molecule has 158 valence electrons. The molecule has 4 aliphatic rings. The monoisotopic (exact) mass is 394 g/mol. The fourth-order valence-corrected chi connectivity index (χ4v) is 8.92. The van der Waals surface area contributed by atoms with Crippen LogP contribution in [-0.2, 0) is 10.4 Å². The van der Waals surface area contributed by atoms with Crippen LogP contribution in [0.3, 0.4) is 0 Å². The summed E-state index contributed by atoms with van der Waals surface area (Å²) in [6, 6.07) is 10.4. The smallest absolute Gasteiger partial charge is 0.133 e. The fraction of sp³-hybridized carbons (Fsp3) is 0.741. The minimum Gasteiger partial charge on any atom is -0.385 e. The summed E-state index contributed by atoms with van der Waals surface area (Å²) in [5, 5.41) is 11.5. The van der Waals surface area contributed by atoms with E-state index < -0.39 is 5.60 Å². The zero-order chi connectivity index (χ0) is 20.4. The summed E-state index contributed by atoms with van der Waals surface area (Å²) >= 11 is 0. The molecule has 1 N–H and O–H groups in total. The molecule has 0 spiro atoms. The van der Waals surface area contributed by atoms with E-state index in [1.807, 2.05) is 13.0 Å². The van der Waals surface area contributed by atoms with Crippen LogP contribution in [-0.4, -0.2) is 10.9 Å². The summed E-state index contributed by atoms with van der Waals surface area (Å²) in [7, 11) is 0. The third-order valence-corrected chi connectivity index (χ3v) is 10.5. The molecule has 1 aromatic rings. The zero-order valence-electron chi connectivity index (χ0n) is 18.5.